The van der Waals surface area contributed by atoms with Gasteiger partial charge in [0.15, 0.2) is 0 Å². The van der Waals surface area contributed by atoms with Gasteiger partial charge in [-0.3, -0.25) is 0 Å². The van der Waals surface area contributed by atoms with Gasteiger partial charge in [0.2, 0.25) is 0 Å². The van der Waals surface area contributed by atoms with Crippen molar-refractivity contribution < 1.29 is 19.5 Å². The number of hydrogen-bond donors (Lipinski definition) is 1. The minimum Gasteiger partial charge on any atom is -0.399 e. The Hall–Kier alpha value is -6.10. The Kier molecular flexibility index (Phi) is 8.16. The molecule has 5 aliphatic heterocycles. The molecule has 2 N–H and O–H groups in total. The molecule has 6 heteroatoms. The van der Waals surface area contributed by atoms with Crippen molar-refractivity contribution in [1.29, 1.82) is 0 Å². The summed E-state index contributed by atoms with van der Waals surface area (Å²) in [5.74, 6) is 0. The second-order valence-corrected chi connectivity index (χ2v) is 12.1. The van der Waals surface area contributed by atoms with Gasteiger partial charge in [0, 0.05) is 47.5 Å². The van der Waals surface area contributed by atoms with Crippen LogP contribution in [0.4, 0.5) is 5.69 Å². The summed E-state index contributed by atoms with van der Waals surface area (Å²) >= 11 is 0. The summed E-state index contributed by atoms with van der Waals surface area (Å²) in [5.41, 5.74) is 21.5. The number of aliphatic imine (C=N–C) groups is 4. The summed E-state index contributed by atoms with van der Waals surface area (Å²) in [6.45, 7) is 0. The van der Waals surface area contributed by atoms with Crippen LogP contribution >= 0.6 is 0 Å². The molecule has 0 fully saturated rings. The molecule has 0 amide bonds. The number of fused-ring (bicyclic) bond motifs is 4. The van der Waals surface area contributed by atoms with Crippen molar-refractivity contribution in [1.82, 2.24) is 0 Å². The van der Waals surface area contributed by atoms with Gasteiger partial charge in [-0.15, -0.1) is 0 Å². The molecule has 0 aliphatic carbocycles. The zero-order chi connectivity index (χ0) is 32.7. The van der Waals surface area contributed by atoms with Gasteiger partial charge in [0.05, 0.1) is 45.6 Å². The molecule has 0 atom stereocenters. The largest absolute Gasteiger partial charge is 0.399 e. The minimum atomic E-state index is 0. The van der Waals surface area contributed by atoms with Crippen LogP contribution in [0, 0.1) is 0 Å². The van der Waals surface area contributed by atoms with Crippen molar-refractivity contribution in [2.24, 2.45) is 20.0 Å². The van der Waals surface area contributed by atoms with Crippen LogP contribution in [0.25, 0.3) is 22.3 Å². The first kappa shape index (κ1) is 31.2. The van der Waals surface area contributed by atoms with Crippen LogP contribution in [0.2, 0.25) is 0 Å². The van der Waals surface area contributed by atoms with Crippen molar-refractivity contribution in [3.8, 4) is 0 Å². The number of benzene rings is 4. The third-order valence-corrected chi connectivity index (χ3v) is 9.00. The van der Waals surface area contributed by atoms with Crippen molar-refractivity contribution >= 4 is 50.8 Å². The van der Waals surface area contributed by atoms with Crippen LogP contribution in [0.1, 0.15) is 22.3 Å². The zero-order valence-electron chi connectivity index (χ0n) is 27.2. The summed E-state index contributed by atoms with van der Waals surface area (Å²) in [6, 6.07) is 39.0. The molecule has 5 heterocycles. The molecule has 5 aliphatic rings. The van der Waals surface area contributed by atoms with Gasteiger partial charge in [0.25, 0.3) is 0 Å². The molecule has 232 valence electrons. The predicted molar refractivity (Wildman–Crippen MR) is 204 cm³/mol. The second kappa shape index (κ2) is 13.1. The Bertz CT molecular complexity index is 2390. The number of rotatable bonds is 4. The summed E-state index contributed by atoms with van der Waals surface area (Å²) in [4.78, 5) is 21.2. The van der Waals surface area contributed by atoms with Crippen molar-refractivity contribution in [3.05, 3.63) is 209 Å². The van der Waals surface area contributed by atoms with E-state index in [0.29, 0.717) is 5.69 Å². The molecule has 4 aromatic rings. The molecule has 0 radical (unpaired) electrons. The van der Waals surface area contributed by atoms with E-state index in [-0.39, 0.29) is 19.5 Å². The molecule has 9 rings (SSSR count). The van der Waals surface area contributed by atoms with E-state index < -0.39 is 0 Å². The SMILES string of the molecule is Nc1ccc(C2=C3C=CC(=N3)C(c3ccccc3)=C3C=CC(=N3)C(c3ccccc3)=C3C=CC(=N3)C(c3ccccc3)=C3C=CC2=N3)cc1.[Zn]. The smallest absolute Gasteiger partial charge is 0.0738 e. The van der Waals surface area contributed by atoms with E-state index in [9.17, 15) is 0 Å². The first-order chi connectivity index (χ1) is 24.2. The van der Waals surface area contributed by atoms with E-state index in [1.54, 1.807) is 0 Å². The standard InChI is InChI=1S/C44H29N5.Zn/c45-32-18-16-31(17-19-32)44-39-26-24-37(48-39)42(29-12-6-2-7-13-29)35-22-20-33(46-35)41(28-10-4-1-5-11-28)34-21-23-36(47-34)43(30-14-8-3-9-15-30)38-25-27-40(44)49-38;/h1-27H,45H2;. The van der Waals surface area contributed by atoms with E-state index in [0.717, 1.165) is 90.2 Å². The number of nitrogens with two attached hydrogens (primary N) is 1. The maximum Gasteiger partial charge on any atom is 0.0738 e. The van der Waals surface area contributed by atoms with Gasteiger partial charge in [0.1, 0.15) is 0 Å². The summed E-state index contributed by atoms with van der Waals surface area (Å²) in [7, 11) is 0. The molecule has 0 saturated carbocycles. The van der Waals surface area contributed by atoms with Gasteiger partial charge < -0.3 is 5.73 Å². The number of allylic oxidation sites excluding steroid dienone is 12. The third kappa shape index (κ3) is 5.60. The van der Waals surface area contributed by atoms with Gasteiger partial charge in [-0.05, 0) is 83.0 Å². The van der Waals surface area contributed by atoms with Gasteiger partial charge >= 0.3 is 0 Å². The van der Waals surface area contributed by atoms with Crippen molar-refractivity contribution in [3.63, 3.8) is 0 Å². The molecule has 0 unspecified atom stereocenters. The Balaban J connectivity index is 0.00000361. The fourth-order valence-electron chi connectivity index (χ4n) is 6.73. The Morgan fingerprint density at radius 1 is 0.300 bits per heavy atom. The fourth-order valence-corrected chi connectivity index (χ4v) is 6.73. The van der Waals surface area contributed by atoms with Crippen LogP contribution in [0.3, 0.4) is 0 Å². The van der Waals surface area contributed by atoms with Gasteiger partial charge in [-0.25, -0.2) is 20.0 Å². The Morgan fingerprint density at radius 2 is 0.560 bits per heavy atom. The molecule has 0 spiro atoms. The maximum atomic E-state index is 6.13. The summed E-state index contributed by atoms with van der Waals surface area (Å²) < 4.78 is 0. The average molecular weight is 693 g/mol. The van der Waals surface area contributed by atoms with E-state index >= 15 is 0 Å². The Morgan fingerprint density at radius 3 is 0.840 bits per heavy atom. The number of anilines is 1. The van der Waals surface area contributed by atoms with E-state index in [1.807, 2.05) is 66.7 Å². The topological polar surface area (TPSA) is 75.5 Å². The van der Waals surface area contributed by atoms with E-state index in [2.05, 4.69) is 97.1 Å². The van der Waals surface area contributed by atoms with Crippen molar-refractivity contribution in [2.45, 2.75) is 0 Å². The van der Waals surface area contributed by atoms with Gasteiger partial charge in [-0.2, -0.15) is 0 Å². The summed E-state index contributed by atoms with van der Waals surface area (Å²) in [5, 5.41) is 0. The molecule has 0 aromatic heterocycles. The van der Waals surface area contributed by atoms with Crippen LogP contribution in [0.15, 0.2) is 207 Å². The molecule has 50 heavy (non-hydrogen) atoms. The molecule has 5 nitrogen and oxygen atoms in total. The van der Waals surface area contributed by atoms with Crippen molar-refractivity contribution in [2.75, 3.05) is 5.73 Å². The van der Waals surface area contributed by atoms with Crippen LogP contribution in [-0.4, -0.2) is 22.8 Å². The van der Waals surface area contributed by atoms with E-state index in [4.69, 9.17) is 25.7 Å². The van der Waals surface area contributed by atoms with Gasteiger partial charge in [-0.1, -0.05) is 103 Å². The monoisotopic (exact) mass is 691 g/mol. The molecule has 4 aromatic carbocycles. The third-order valence-electron chi connectivity index (χ3n) is 9.00. The fraction of sp³-hybridized carbons (Fsp3) is 0. The number of nitrogens with zero attached hydrogens (tertiary/aromatic N) is 4. The first-order valence-corrected chi connectivity index (χ1v) is 16.3. The molecular weight excluding hydrogens is 664 g/mol. The number of nitrogen functional groups attached to an aromatic ring is 1. The quantitative estimate of drug-likeness (QED) is 0.168. The predicted octanol–water partition coefficient (Wildman–Crippen LogP) is 9.27. The Labute approximate surface area is 303 Å². The maximum absolute atomic E-state index is 6.13. The normalized spacial score (nSPS) is 17.4. The second-order valence-electron chi connectivity index (χ2n) is 12.1. The molecule has 8 bridgehead atoms. The van der Waals surface area contributed by atoms with E-state index in [1.165, 1.54) is 0 Å². The number of hydrogen-bond acceptors (Lipinski definition) is 5. The molecular formula is C44H29N5Zn. The first-order valence-electron chi connectivity index (χ1n) is 16.3. The van der Waals surface area contributed by atoms with Crippen LogP contribution in [0.5, 0.6) is 0 Å². The molecule has 0 saturated heterocycles. The zero-order valence-corrected chi connectivity index (χ0v) is 30.1. The van der Waals surface area contributed by atoms with Crippen LogP contribution in [-0.2, 0) is 19.5 Å². The summed E-state index contributed by atoms with van der Waals surface area (Å²) in [6.07, 6.45) is 16.7. The average Bonchev–Trinajstić information content (AvgIpc) is 3.98. The van der Waals surface area contributed by atoms with Crippen LogP contribution < -0.4 is 5.73 Å². The minimum absolute atomic E-state index is 0.